The van der Waals surface area contributed by atoms with E-state index in [-0.39, 0.29) is 0 Å². The van der Waals surface area contributed by atoms with Crippen LogP contribution in [0.4, 0.5) is 0 Å². The Labute approximate surface area is 102 Å². The Morgan fingerprint density at radius 3 is 2.71 bits per heavy atom. The van der Waals surface area contributed by atoms with Gasteiger partial charge in [0.1, 0.15) is 0 Å². The molecule has 1 aromatic heterocycles. The summed E-state index contributed by atoms with van der Waals surface area (Å²) in [5, 5.41) is 0. The summed E-state index contributed by atoms with van der Waals surface area (Å²) in [6.07, 6.45) is 3.44. The Kier molecular flexibility index (Phi) is 2.97. The van der Waals surface area contributed by atoms with Gasteiger partial charge in [-0.15, -0.1) is 0 Å². The Balaban J connectivity index is 1.73. The number of nitrogens with zero attached hydrogens (tertiary/aromatic N) is 2. The molecule has 2 heteroatoms. The van der Waals surface area contributed by atoms with E-state index in [0.717, 1.165) is 19.6 Å². The van der Waals surface area contributed by atoms with Crippen LogP contribution in [0.3, 0.4) is 0 Å². The van der Waals surface area contributed by atoms with Crippen molar-refractivity contribution < 1.29 is 0 Å². The second-order valence-electron chi connectivity index (χ2n) is 4.74. The second kappa shape index (κ2) is 4.76. The third-order valence-corrected chi connectivity index (χ3v) is 3.43. The third-order valence-electron chi connectivity index (χ3n) is 3.43. The van der Waals surface area contributed by atoms with Crippen molar-refractivity contribution in [3.8, 4) is 0 Å². The first-order valence-corrected chi connectivity index (χ1v) is 6.32. The van der Waals surface area contributed by atoms with Crippen molar-refractivity contribution in [2.45, 2.75) is 26.1 Å². The largest absolute Gasteiger partial charge is 0.350 e. The van der Waals surface area contributed by atoms with Crippen LogP contribution in [-0.2, 0) is 19.6 Å². The van der Waals surface area contributed by atoms with E-state index in [4.69, 9.17) is 0 Å². The van der Waals surface area contributed by atoms with Gasteiger partial charge in [0.05, 0.1) is 0 Å². The van der Waals surface area contributed by atoms with E-state index >= 15 is 0 Å². The predicted octanol–water partition coefficient (Wildman–Crippen LogP) is 2.89. The molecule has 0 saturated carbocycles. The van der Waals surface area contributed by atoms with Gasteiger partial charge in [0.2, 0.25) is 0 Å². The summed E-state index contributed by atoms with van der Waals surface area (Å²) in [6, 6.07) is 15.1. The van der Waals surface area contributed by atoms with Gasteiger partial charge in [0.15, 0.2) is 0 Å². The lowest BCUT2D eigenvalue weighted by atomic mass is 10.2. The molecule has 88 valence electrons. The molecule has 1 aliphatic heterocycles. The lowest BCUT2D eigenvalue weighted by Crippen LogP contribution is -2.22. The maximum absolute atomic E-state index is 2.54. The molecule has 1 aliphatic rings. The van der Waals surface area contributed by atoms with Gasteiger partial charge in [-0.1, -0.05) is 30.3 Å². The molecule has 0 saturated heterocycles. The highest BCUT2D eigenvalue weighted by Crippen LogP contribution is 2.15. The highest BCUT2D eigenvalue weighted by molar-refractivity contribution is 5.15. The van der Waals surface area contributed by atoms with E-state index in [1.54, 1.807) is 0 Å². The molecule has 0 bridgehead atoms. The average Bonchev–Trinajstić information content (AvgIpc) is 2.70. The molecule has 0 spiro atoms. The highest BCUT2D eigenvalue weighted by atomic mass is 15.2. The van der Waals surface area contributed by atoms with Crippen LogP contribution in [0, 0.1) is 0 Å². The fraction of sp³-hybridized carbons (Fsp3) is 0.333. The standard InChI is InChI=1S/C15H18N2/c1-2-6-14(7-3-1)12-16-9-5-11-17-10-4-8-15(17)13-16/h1-4,6-8,10H,5,9,11-13H2. The number of rotatable bonds is 2. The molecular weight excluding hydrogens is 208 g/mol. The van der Waals surface area contributed by atoms with Crippen LogP contribution in [-0.4, -0.2) is 16.0 Å². The molecule has 2 aromatic rings. The van der Waals surface area contributed by atoms with Gasteiger partial charge in [0.25, 0.3) is 0 Å². The summed E-state index contributed by atoms with van der Waals surface area (Å²) in [4.78, 5) is 2.54. The summed E-state index contributed by atoms with van der Waals surface area (Å²) in [6.45, 7) is 4.48. The van der Waals surface area contributed by atoms with Crippen molar-refractivity contribution in [3.63, 3.8) is 0 Å². The van der Waals surface area contributed by atoms with E-state index in [9.17, 15) is 0 Å². The molecule has 0 aliphatic carbocycles. The Hall–Kier alpha value is -1.54. The van der Waals surface area contributed by atoms with Gasteiger partial charge in [-0.05, 0) is 24.1 Å². The minimum Gasteiger partial charge on any atom is -0.350 e. The van der Waals surface area contributed by atoms with Crippen LogP contribution >= 0.6 is 0 Å². The maximum Gasteiger partial charge on any atom is 0.0390 e. The van der Waals surface area contributed by atoms with Crippen molar-refractivity contribution in [3.05, 3.63) is 59.9 Å². The van der Waals surface area contributed by atoms with Gasteiger partial charge in [-0.3, -0.25) is 4.90 Å². The van der Waals surface area contributed by atoms with Crippen LogP contribution < -0.4 is 0 Å². The molecule has 0 amide bonds. The fourth-order valence-electron chi connectivity index (χ4n) is 2.56. The second-order valence-corrected chi connectivity index (χ2v) is 4.74. The molecule has 0 fully saturated rings. The molecule has 1 aromatic carbocycles. The summed E-state index contributed by atoms with van der Waals surface area (Å²) >= 11 is 0. The number of aromatic nitrogens is 1. The Morgan fingerprint density at radius 2 is 1.82 bits per heavy atom. The summed E-state index contributed by atoms with van der Waals surface area (Å²) < 4.78 is 2.38. The normalized spacial score (nSPS) is 16.5. The Morgan fingerprint density at radius 1 is 0.941 bits per heavy atom. The molecule has 0 radical (unpaired) electrons. The van der Waals surface area contributed by atoms with Crippen LogP contribution in [0.15, 0.2) is 48.7 Å². The Bertz CT molecular complexity index is 473. The summed E-state index contributed by atoms with van der Waals surface area (Å²) in [5.74, 6) is 0. The van der Waals surface area contributed by atoms with Crippen LogP contribution in [0.2, 0.25) is 0 Å². The van der Waals surface area contributed by atoms with Gasteiger partial charge >= 0.3 is 0 Å². The van der Waals surface area contributed by atoms with Gasteiger partial charge in [0, 0.05) is 38.1 Å². The predicted molar refractivity (Wildman–Crippen MR) is 69.6 cm³/mol. The third kappa shape index (κ3) is 2.42. The molecule has 2 heterocycles. The SMILES string of the molecule is c1ccc(CN2CCCn3cccc3C2)cc1. The fourth-order valence-corrected chi connectivity index (χ4v) is 2.56. The van der Waals surface area contributed by atoms with Gasteiger partial charge < -0.3 is 4.57 Å². The molecular formula is C15H18N2. The quantitative estimate of drug-likeness (QED) is 0.764. The minimum absolute atomic E-state index is 1.06. The number of fused-ring (bicyclic) bond motifs is 1. The van der Waals surface area contributed by atoms with E-state index in [1.807, 2.05) is 0 Å². The van der Waals surface area contributed by atoms with Crippen LogP contribution in [0.5, 0.6) is 0 Å². The first-order chi connectivity index (χ1) is 8.42. The smallest absolute Gasteiger partial charge is 0.0390 e. The molecule has 0 unspecified atom stereocenters. The van der Waals surface area contributed by atoms with Crippen molar-refractivity contribution >= 4 is 0 Å². The highest BCUT2D eigenvalue weighted by Gasteiger charge is 2.13. The maximum atomic E-state index is 2.54. The van der Waals surface area contributed by atoms with Crippen molar-refractivity contribution in [1.29, 1.82) is 0 Å². The number of benzene rings is 1. The zero-order valence-electron chi connectivity index (χ0n) is 10.0. The van der Waals surface area contributed by atoms with Crippen molar-refractivity contribution in [2.75, 3.05) is 6.54 Å². The van der Waals surface area contributed by atoms with Crippen LogP contribution in [0.25, 0.3) is 0 Å². The van der Waals surface area contributed by atoms with Crippen molar-refractivity contribution in [2.24, 2.45) is 0 Å². The number of hydrogen-bond donors (Lipinski definition) is 0. The summed E-state index contributed by atoms with van der Waals surface area (Å²) in [5.41, 5.74) is 2.85. The van der Waals surface area contributed by atoms with E-state index in [2.05, 4.69) is 58.1 Å². The zero-order chi connectivity index (χ0) is 11.5. The minimum atomic E-state index is 1.06. The number of aryl methyl sites for hydroxylation is 1. The zero-order valence-corrected chi connectivity index (χ0v) is 10.0. The molecule has 0 atom stereocenters. The molecule has 0 N–H and O–H groups in total. The molecule has 3 rings (SSSR count). The lowest BCUT2D eigenvalue weighted by Gasteiger charge is -2.19. The monoisotopic (exact) mass is 226 g/mol. The average molecular weight is 226 g/mol. The topological polar surface area (TPSA) is 8.17 Å². The van der Waals surface area contributed by atoms with Gasteiger partial charge in [-0.2, -0.15) is 0 Å². The molecule has 2 nitrogen and oxygen atoms in total. The number of hydrogen-bond acceptors (Lipinski definition) is 1. The van der Waals surface area contributed by atoms with E-state index < -0.39 is 0 Å². The van der Waals surface area contributed by atoms with Crippen LogP contribution in [0.1, 0.15) is 17.7 Å². The van der Waals surface area contributed by atoms with E-state index in [0.29, 0.717) is 0 Å². The molecule has 17 heavy (non-hydrogen) atoms. The first kappa shape index (κ1) is 10.6. The van der Waals surface area contributed by atoms with Crippen molar-refractivity contribution in [1.82, 2.24) is 9.47 Å². The first-order valence-electron chi connectivity index (χ1n) is 6.32. The lowest BCUT2D eigenvalue weighted by molar-refractivity contribution is 0.261. The van der Waals surface area contributed by atoms with Gasteiger partial charge in [-0.25, -0.2) is 0 Å². The van der Waals surface area contributed by atoms with E-state index in [1.165, 1.54) is 24.2 Å². The summed E-state index contributed by atoms with van der Waals surface area (Å²) in [7, 11) is 0.